The normalized spacial score (nSPS) is 12.8. The van der Waals surface area contributed by atoms with E-state index in [9.17, 15) is 0 Å². The number of hydrogen-bond donors (Lipinski definition) is 0. The molecule has 1 aliphatic rings. The summed E-state index contributed by atoms with van der Waals surface area (Å²) in [6.07, 6.45) is 0.945. The number of fused-ring (bicyclic) bond motifs is 2. The van der Waals surface area contributed by atoms with Gasteiger partial charge in [-0.1, -0.05) is 50.2 Å². The highest BCUT2D eigenvalue weighted by atomic mass is 16.5. The van der Waals surface area contributed by atoms with Crippen molar-refractivity contribution in [3.63, 3.8) is 0 Å². The fourth-order valence-corrected chi connectivity index (χ4v) is 3.51. The van der Waals surface area contributed by atoms with Crippen LogP contribution in [0.2, 0.25) is 0 Å². The molecule has 3 aromatic carbocycles. The van der Waals surface area contributed by atoms with E-state index in [1.165, 1.54) is 0 Å². The topological polar surface area (TPSA) is 51.4 Å². The molecule has 150 valence electrons. The third kappa shape index (κ3) is 3.03. The van der Waals surface area contributed by atoms with Gasteiger partial charge < -0.3 is 14.2 Å². The van der Waals surface area contributed by atoms with Crippen molar-refractivity contribution in [2.45, 2.75) is 32.6 Å². The lowest BCUT2D eigenvalue weighted by atomic mass is 9.90. The molecule has 0 spiro atoms. The van der Waals surface area contributed by atoms with Gasteiger partial charge in [0.05, 0.1) is 11.4 Å². The van der Waals surface area contributed by atoms with E-state index in [1.54, 1.807) is 0 Å². The Kier molecular flexibility index (Phi) is 4.31. The van der Waals surface area contributed by atoms with Gasteiger partial charge in [0.2, 0.25) is 0 Å². The molecule has 0 saturated heterocycles. The van der Waals surface area contributed by atoms with Crippen LogP contribution >= 0.6 is 0 Å². The summed E-state index contributed by atoms with van der Waals surface area (Å²) in [5, 5.41) is 4.19. The van der Waals surface area contributed by atoms with Crippen LogP contribution in [0.1, 0.15) is 33.0 Å². The Hall–Kier alpha value is -3.60. The zero-order valence-electron chi connectivity index (χ0n) is 17.3. The van der Waals surface area contributed by atoms with Gasteiger partial charge in [-0.15, -0.1) is 0 Å². The molecule has 0 amide bonds. The van der Waals surface area contributed by atoms with Crippen molar-refractivity contribution in [1.29, 1.82) is 0 Å². The second-order valence-electron chi connectivity index (χ2n) is 8.08. The first-order chi connectivity index (χ1) is 14.6. The number of anilines is 3. The second-order valence-corrected chi connectivity index (χ2v) is 8.08. The Bertz CT molecular complexity index is 1150. The smallest absolute Gasteiger partial charge is 0.257 e. The predicted molar refractivity (Wildman–Crippen MR) is 118 cm³/mol. The number of benzene rings is 3. The van der Waals surface area contributed by atoms with E-state index >= 15 is 0 Å². The van der Waals surface area contributed by atoms with Crippen LogP contribution in [0, 0.1) is 0 Å². The third-order valence-corrected chi connectivity index (χ3v) is 5.72. The Balaban J connectivity index is 1.53. The number of hydrogen-bond acceptors (Lipinski definition) is 5. The molecular weight excluding hydrogens is 374 g/mol. The summed E-state index contributed by atoms with van der Waals surface area (Å²) >= 11 is 0. The molecule has 5 nitrogen and oxygen atoms in total. The molecular formula is C25H23N3O2. The number of ether oxygens (including phenoxy) is 1. The maximum absolute atomic E-state index is 6.09. The fourth-order valence-electron chi connectivity index (χ4n) is 3.51. The van der Waals surface area contributed by atoms with Crippen LogP contribution in [0.4, 0.5) is 17.1 Å². The van der Waals surface area contributed by atoms with Gasteiger partial charge in [0.15, 0.2) is 17.3 Å². The number of para-hydroxylation sites is 4. The Morgan fingerprint density at radius 3 is 2.03 bits per heavy atom. The summed E-state index contributed by atoms with van der Waals surface area (Å²) in [5.74, 6) is 2.95. The van der Waals surface area contributed by atoms with E-state index < -0.39 is 0 Å². The van der Waals surface area contributed by atoms with Gasteiger partial charge in [0.1, 0.15) is 0 Å². The van der Waals surface area contributed by atoms with Crippen molar-refractivity contribution in [3.05, 3.63) is 78.6 Å². The van der Waals surface area contributed by atoms with E-state index in [1.807, 2.05) is 48.5 Å². The SMILES string of the molecule is CCC(C)(C)c1noc(-c2ccc(N3c4ccccc4Oc4ccccc43)cc2)n1. The molecule has 0 N–H and O–H groups in total. The lowest BCUT2D eigenvalue weighted by Crippen LogP contribution is -2.17. The molecule has 0 atom stereocenters. The van der Waals surface area contributed by atoms with E-state index in [4.69, 9.17) is 9.26 Å². The molecule has 1 aliphatic heterocycles. The number of rotatable bonds is 4. The molecule has 0 radical (unpaired) electrons. The molecule has 2 heterocycles. The van der Waals surface area contributed by atoms with Crippen LogP contribution < -0.4 is 9.64 Å². The third-order valence-electron chi connectivity index (χ3n) is 5.72. The van der Waals surface area contributed by atoms with Gasteiger partial charge >= 0.3 is 0 Å². The largest absolute Gasteiger partial charge is 0.453 e. The van der Waals surface area contributed by atoms with Gasteiger partial charge in [-0.05, 0) is 55.0 Å². The number of aromatic nitrogens is 2. The average molecular weight is 397 g/mol. The van der Waals surface area contributed by atoms with E-state index in [2.05, 4.69) is 60.1 Å². The fraction of sp³-hybridized carbons (Fsp3) is 0.200. The monoisotopic (exact) mass is 397 g/mol. The summed E-state index contributed by atoms with van der Waals surface area (Å²) in [4.78, 5) is 6.83. The molecule has 30 heavy (non-hydrogen) atoms. The summed E-state index contributed by atoms with van der Waals surface area (Å²) in [6.45, 7) is 6.37. The van der Waals surface area contributed by atoms with Crippen LogP contribution in [0.3, 0.4) is 0 Å². The molecule has 0 saturated carbocycles. The van der Waals surface area contributed by atoms with Gasteiger partial charge in [-0.25, -0.2) is 0 Å². The first-order valence-corrected chi connectivity index (χ1v) is 10.2. The van der Waals surface area contributed by atoms with Gasteiger partial charge in [-0.2, -0.15) is 4.98 Å². The predicted octanol–water partition coefficient (Wildman–Crippen LogP) is 7.00. The van der Waals surface area contributed by atoms with Crippen molar-refractivity contribution in [2.24, 2.45) is 0 Å². The van der Waals surface area contributed by atoms with Gasteiger partial charge in [0.25, 0.3) is 5.89 Å². The summed E-state index contributed by atoms with van der Waals surface area (Å²) < 4.78 is 11.6. The zero-order chi connectivity index (χ0) is 20.7. The standard InChI is InChI=1S/C25H23N3O2/c1-4-25(2,3)24-26-23(30-27-24)17-13-15-18(16-14-17)28-19-9-5-7-11-21(19)29-22-12-8-6-10-20(22)28/h5-16H,4H2,1-3H3. The van der Waals surface area contributed by atoms with Gasteiger partial charge in [-0.3, -0.25) is 0 Å². The average Bonchev–Trinajstić information content (AvgIpc) is 3.29. The van der Waals surface area contributed by atoms with Gasteiger partial charge in [0, 0.05) is 16.7 Å². The van der Waals surface area contributed by atoms with Crippen molar-refractivity contribution < 1.29 is 9.26 Å². The van der Waals surface area contributed by atoms with Crippen LogP contribution in [0.15, 0.2) is 77.3 Å². The van der Waals surface area contributed by atoms with E-state index in [0.717, 1.165) is 46.4 Å². The van der Waals surface area contributed by atoms with Crippen molar-refractivity contribution in [1.82, 2.24) is 10.1 Å². The lowest BCUT2D eigenvalue weighted by Gasteiger charge is -2.32. The Morgan fingerprint density at radius 1 is 0.833 bits per heavy atom. The zero-order valence-corrected chi connectivity index (χ0v) is 17.3. The van der Waals surface area contributed by atoms with Crippen molar-refractivity contribution in [2.75, 3.05) is 4.90 Å². The minimum Gasteiger partial charge on any atom is -0.453 e. The van der Waals surface area contributed by atoms with E-state index in [-0.39, 0.29) is 5.41 Å². The molecule has 1 aromatic heterocycles. The number of nitrogens with zero attached hydrogens (tertiary/aromatic N) is 3. The maximum atomic E-state index is 6.09. The summed E-state index contributed by atoms with van der Waals surface area (Å²) in [5.41, 5.74) is 3.85. The van der Waals surface area contributed by atoms with Crippen LogP contribution in [0.5, 0.6) is 11.5 Å². The highest BCUT2D eigenvalue weighted by Gasteiger charge is 2.26. The van der Waals surface area contributed by atoms with Crippen LogP contribution in [-0.2, 0) is 5.41 Å². The molecule has 5 heteroatoms. The quantitative estimate of drug-likeness (QED) is 0.327. The molecule has 0 unspecified atom stereocenters. The minimum atomic E-state index is -0.108. The van der Waals surface area contributed by atoms with E-state index in [0.29, 0.717) is 5.89 Å². The highest BCUT2D eigenvalue weighted by Crippen LogP contribution is 2.50. The molecule has 4 aromatic rings. The molecule has 5 rings (SSSR count). The first-order valence-electron chi connectivity index (χ1n) is 10.2. The summed E-state index contributed by atoms with van der Waals surface area (Å²) in [7, 11) is 0. The first kappa shape index (κ1) is 18.4. The van der Waals surface area contributed by atoms with Crippen molar-refractivity contribution >= 4 is 17.1 Å². The Labute approximate surface area is 175 Å². The van der Waals surface area contributed by atoms with Crippen LogP contribution in [-0.4, -0.2) is 10.1 Å². The summed E-state index contributed by atoms with van der Waals surface area (Å²) in [6, 6.07) is 24.3. The highest BCUT2D eigenvalue weighted by molar-refractivity contribution is 5.86. The lowest BCUT2D eigenvalue weighted by molar-refractivity contribution is 0.388. The van der Waals surface area contributed by atoms with Crippen LogP contribution in [0.25, 0.3) is 11.5 Å². The maximum Gasteiger partial charge on any atom is 0.257 e. The molecule has 0 fully saturated rings. The Morgan fingerprint density at radius 2 is 1.43 bits per heavy atom. The second kappa shape index (κ2) is 7.02. The minimum absolute atomic E-state index is 0.108. The molecule has 0 aliphatic carbocycles. The molecule has 0 bridgehead atoms. The van der Waals surface area contributed by atoms with Crippen molar-refractivity contribution in [3.8, 4) is 23.0 Å².